The molecule has 1 saturated carbocycles. The van der Waals surface area contributed by atoms with E-state index in [9.17, 15) is 9.59 Å². The van der Waals surface area contributed by atoms with Crippen molar-refractivity contribution < 1.29 is 9.59 Å². The summed E-state index contributed by atoms with van der Waals surface area (Å²) in [5.74, 6) is 0.136. The molecule has 1 unspecified atom stereocenters. The summed E-state index contributed by atoms with van der Waals surface area (Å²) >= 11 is 0. The SMILES string of the molecule is C=CCCN1C(=O)C2(CCCC2)NC(=O)C1CC. The maximum absolute atomic E-state index is 12.6. The van der Waals surface area contributed by atoms with Crippen molar-refractivity contribution in [2.75, 3.05) is 6.54 Å². The first kappa shape index (κ1) is 13.1. The number of hydrogen-bond donors (Lipinski definition) is 1. The molecule has 0 aromatic heterocycles. The molecule has 1 spiro atoms. The number of rotatable bonds is 4. The van der Waals surface area contributed by atoms with Crippen LogP contribution >= 0.6 is 0 Å². The summed E-state index contributed by atoms with van der Waals surface area (Å²) in [5.41, 5.74) is -0.593. The van der Waals surface area contributed by atoms with E-state index in [1.54, 1.807) is 11.0 Å². The van der Waals surface area contributed by atoms with Gasteiger partial charge in [0.25, 0.3) is 0 Å². The van der Waals surface area contributed by atoms with E-state index < -0.39 is 5.54 Å². The Labute approximate surface area is 108 Å². The van der Waals surface area contributed by atoms with Gasteiger partial charge in [0.15, 0.2) is 0 Å². The Kier molecular flexibility index (Phi) is 3.73. The van der Waals surface area contributed by atoms with Gasteiger partial charge in [0.2, 0.25) is 11.8 Å². The van der Waals surface area contributed by atoms with Crippen molar-refractivity contribution in [3.05, 3.63) is 12.7 Å². The fraction of sp³-hybridized carbons (Fsp3) is 0.714. The van der Waals surface area contributed by atoms with E-state index >= 15 is 0 Å². The zero-order valence-corrected chi connectivity index (χ0v) is 11.1. The maximum Gasteiger partial charge on any atom is 0.249 e. The molecule has 4 nitrogen and oxygen atoms in total. The second-order valence-electron chi connectivity index (χ2n) is 5.28. The highest BCUT2D eigenvalue weighted by Crippen LogP contribution is 2.35. The molecule has 100 valence electrons. The zero-order chi connectivity index (χ0) is 13.2. The highest BCUT2D eigenvalue weighted by atomic mass is 16.2. The number of nitrogens with one attached hydrogen (secondary N) is 1. The van der Waals surface area contributed by atoms with Crippen molar-refractivity contribution in [1.29, 1.82) is 0 Å². The Morgan fingerprint density at radius 3 is 2.67 bits per heavy atom. The Morgan fingerprint density at radius 2 is 2.11 bits per heavy atom. The van der Waals surface area contributed by atoms with E-state index in [4.69, 9.17) is 0 Å². The van der Waals surface area contributed by atoms with Gasteiger partial charge in [0.05, 0.1) is 0 Å². The summed E-state index contributed by atoms with van der Waals surface area (Å²) in [7, 11) is 0. The smallest absolute Gasteiger partial charge is 0.249 e. The third-order valence-corrected chi connectivity index (χ3v) is 4.13. The van der Waals surface area contributed by atoms with Gasteiger partial charge in [-0.25, -0.2) is 0 Å². The lowest BCUT2D eigenvalue weighted by Gasteiger charge is -2.44. The molecule has 1 N–H and O–H groups in total. The zero-order valence-electron chi connectivity index (χ0n) is 11.1. The Balaban J connectivity index is 2.23. The van der Waals surface area contributed by atoms with Gasteiger partial charge in [0, 0.05) is 6.54 Å². The average Bonchev–Trinajstić information content (AvgIpc) is 2.81. The van der Waals surface area contributed by atoms with Crippen molar-refractivity contribution in [2.24, 2.45) is 0 Å². The van der Waals surface area contributed by atoms with Gasteiger partial charge >= 0.3 is 0 Å². The molecule has 1 aliphatic carbocycles. The number of piperazine rings is 1. The fourth-order valence-electron chi connectivity index (χ4n) is 3.14. The highest BCUT2D eigenvalue weighted by Gasteiger charge is 2.51. The minimum atomic E-state index is -0.593. The summed E-state index contributed by atoms with van der Waals surface area (Å²) in [6.45, 7) is 6.25. The quantitative estimate of drug-likeness (QED) is 0.771. The van der Waals surface area contributed by atoms with Crippen LogP contribution in [0, 0.1) is 0 Å². The molecule has 2 aliphatic rings. The average molecular weight is 250 g/mol. The highest BCUT2D eigenvalue weighted by molar-refractivity contribution is 6.00. The lowest BCUT2D eigenvalue weighted by atomic mass is 9.90. The molecule has 18 heavy (non-hydrogen) atoms. The van der Waals surface area contributed by atoms with Gasteiger partial charge in [0.1, 0.15) is 11.6 Å². The lowest BCUT2D eigenvalue weighted by molar-refractivity contribution is -0.154. The van der Waals surface area contributed by atoms with Crippen LogP contribution < -0.4 is 5.32 Å². The Hall–Kier alpha value is -1.32. The summed E-state index contributed by atoms with van der Waals surface area (Å²) in [5, 5.41) is 2.99. The molecule has 2 amide bonds. The topological polar surface area (TPSA) is 49.4 Å². The second-order valence-corrected chi connectivity index (χ2v) is 5.28. The number of hydrogen-bond acceptors (Lipinski definition) is 2. The van der Waals surface area contributed by atoms with Gasteiger partial charge in [-0.15, -0.1) is 6.58 Å². The van der Waals surface area contributed by atoms with E-state index in [0.717, 1.165) is 32.1 Å². The molecule has 1 aliphatic heterocycles. The number of carbonyl (C=O) groups is 2. The van der Waals surface area contributed by atoms with Crippen LogP contribution in [0.1, 0.15) is 45.4 Å². The van der Waals surface area contributed by atoms with Crippen LogP contribution in [0.25, 0.3) is 0 Å². The molecular weight excluding hydrogens is 228 g/mol. The first-order valence-corrected chi connectivity index (χ1v) is 6.88. The predicted molar refractivity (Wildman–Crippen MR) is 69.9 cm³/mol. The Bertz CT molecular complexity index is 359. The summed E-state index contributed by atoms with van der Waals surface area (Å²) in [6, 6.07) is -0.302. The third-order valence-electron chi connectivity index (χ3n) is 4.13. The Morgan fingerprint density at radius 1 is 1.44 bits per heavy atom. The van der Waals surface area contributed by atoms with E-state index in [1.165, 1.54) is 0 Å². The number of nitrogens with zero attached hydrogens (tertiary/aromatic N) is 1. The van der Waals surface area contributed by atoms with Gasteiger partial charge in [-0.05, 0) is 25.7 Å². The van der Waals surface area contributed by atoms with Crippen molar-refractivity contribution in [3.8, 4) is 0 Å². The van der Waals surface area contributed by atoms with Crippen molar-refractivity contribution in [3.63, 3.8) is 0 Å². The molecule has 0 aromatic carbocycles. The van der Waals surface area contributed by atoms with Crippen LogP contribution in [0.3, 0.4) is 0 Å². The van der Waals surface area contributed by atoms with Crippen LogP contribution in [0.15, 0.2) is 12.7 Å². The van der Waals surface area contributed by atoms with Gasteiger partial charge in [-0.2, -0.15) is 0 Å². The molecule has 0 aromatic rings. The standard InChI is InChI=1S/C14H22N2O2/c1-3-5-10-16-11(4-2)12(17)15-14(13(16)18)8-6-7-9-14/h3,11H,1,4-10H2,2H3,(H,15,17). The largest absolute Gasteiger partial charge is 0.340 e. The maximum atomic E-state index is 12.6. The first-order valence-electron chi connectivity index (χ1n) is 6.88. The fourth-order valence-corrected chi connectivity index (χ4v) is 3.14. The molecule has 1 saturated heterocycles. The minimum Gasteiger partial charge on any atom is -0.340 e. The molecule has 1 heterocycles. The van der Waals surface area contributed by atoms with Crippen LogP contribution in [-0.2, 0) is 9.59 Å². The molecule has 4 heteroatoms. The minimum absolute atomic E-state index is 0.0167. The van der Waals surface area contributed by atoms with Crippen molar-refractivity contribution in [1.82, 2.24) is 10.2 Å². The second kappa shape index (κ2) is 5.12. The van der Waals surface area contributed by atoms with Gasteiger partial charge < -0.3 is 10.2 Å². The lowest BCUT2D eigenvalue weighted by Crippen LogP contribution is -2.69. The molecule has 0 radical (unpaired) electrons. The number of carbonyl (C=O) groups excluding carboxylic acids is 2. The van der Waals surface area contributed by atoms with Crippen LogP contribution in [-0.4, -0.2) is 34.8 Å². The van der Waals surface area contributed by atoms with Crippen LogP contribution in [0.5, 0.6) is 0 Å². The van der Waals surface area contributed by atoms with Crippen molar-refractivity contribution >= 4 is 11.8 Å². The molecule has 2 rings (SSSR count). The van der Waals surface area contributed by atoms with Crippen molar-refractivity contribution in [2.45, 2.75) is 57.0 Å². The number of amides is 2. The van der Waals surface area contributed by atoms with E-state index in [0.29, 0.717) is 13.0 Å². The normalized spacial score (nSPS) is 26.5. The first-order chi connectivity index (χ1) is 8.64. The summed E-state index contributed by atoms with van der Waals surface area (Å²) in [6.07, 6.45) is 6.84. The van der Waals surface area contributed by atoms with Gasteiger partial charge in [-0.1, -0.05) is 25.8 Å². The van der Waals surface area contributed by atoms with E-state index in [2.05, 4.69) is 11.9 Å². The summed E-state index contributed by atoms with van der Waals surface area (Å²) in [4.78, 5) is 26.6. The van der Waals surface area contributed by atoms with Crippen LogP contribution in [0.4, 0.5) is 0 Å². The molecule has 0 bridgehead atoms. The summed E-state index contributed by atoms with van der Waals surface area (Å²) < 4.78 is 0. The molecule has 2 fully saturated rings. The predicted octanol–water partition coefficient (Wildman–Crippen LogP) is 1.61. The van der Waals surface area contributed by atoms with Gasteiger partial charge in [-0.3, -0.25) is 9.59 Å². The molecule has 1 atom stereocenters. The third kappa shape index (κ3) is 2.04. The molecular formula is C14H22N2O2. The van der Waals surface area contributed by atoms with E-state index in [-0.39, 0.29) is 17.9 Å². The van der Waals surface area contributed by atoms with Crippen LogP contribution in [0.2, 0.25) is 0 Å². The van der Waals surface area contributed by atoms with E-state index in [1.807, 2.05) is 6.92 Å². The monoisotopic (exact) mass is 250 g/mol.